The van der Waals surface area contributed by atoms with Crippen LogP contribution in [0.25, 0.3) is 0 Å². The second-order valence-corrected chi connectivity index (χ2v) is 4.88. The molecule has 1 unspecified atom stereocenters. The van der Waals surface area contributed by atoms with E-state index in [-0.39, 0.29) is 18.8 Å². The third kappa shape index (κ3) is 6.59. The van der Waals surface area contributed by atoms with Crippen molar-refractivity contribution in [3.63, 3.8) is 0 Å². The molecule has 0 heterocycles. The van der Waals surface area contributed by atoms with E-state index in [0.717, 1.165) is 6.07 Å². The van der Waals surface area contributed by atoms with Crippen molar-refractivity contribution in [2.45, 2.75) is 13.8 Å². The van der Waals surface area contributed by atoms with Gasteiger partial charge in [-0.05, 0) is 32.0 Å². The lowest BCUT2D eigenvalue weighted by Gasteiger charge is -2.17. The van der Waals surface area contributed by atoms with Gasteiger partial charge in [0.2, 0.25) is 6.54 Å². The Bertz CT molecular complexity index is 676. The van der Waals surface area contributed by atoms with E-state index >= 15 is 0 Å². The molecule has 1 aromatic rings. The Balaban J connectivity index is 3.20. The number of ether oxygens (including phenoxy) is 2. The molecule has 0 aliphatic heterocycles. The maximum Gasteiger partial charge on any atom is 0.321 e. The van der Waals surface area contributed by atoms with Gasteiger partial charge in [0.1, 0.15) is 11.7 Å². The number of benzene rings is 1. The highest BCUT2D eigenvalue weighted by Gasteiger charge is 2.39. The summed E-state index contributed by atoms with van der Waals surface area (Å²) in [5.41, 5.74) is 0.264. The lowest BCUT2D eigenvalue weighted by molar-refractivity contribution is -0.486. The molecular weight excluding hydrogens is 333 g/mol. The molecule has 0 fully saturated rings. The van der Waals surface area contributed by atoms with Crippen LogP contribution in [0.2, 0.25) is 0 Å². The maximum atomic E-state index is 13.2. The summed E-state index contributed by atoms with van der Waals surface area (Å²) in [6.07, 6.45) is 0. The minimum atomic E-state index is -1.55. The third-order valence-corrected chi connectivity index (χ3v) is 3.06. The van der Waals surface area contributed by atoms with Crippen LogP contribution < -0.4 is 0 Å². The standard InChI is InChI=1S/C17H18FNO6/c1-3-24-16(20)15(17(21)25-4-2)13(11-19(22)23)9-8-12-6-5-7-14(18)10-12/h5-7,10,13,15H,3-4,11H2,1-2H3. The Morgan fingerprint density at radius 3 is 2.32 bits per heavy atom. The largest absolute Gasteiger partial charge is 0.465 e. The van der Waals surface area contributed by atoms with Crippen LogP contribution in [-0.2, 0) is 19.1 Å². The summed E-state index contributed by atoms with van der Waals surface area (Å²) in [6.45, 7) is 2.32. The first-order valence-electron chi connectivity index (χ1n) is 7.61. The number of nitrogens with zero attached hydrogens (tertiary/aromatic N) is 1. The number of hydrogen-bond acceptors (Lipinski definition) is 6. The van der Waals surface area contributed by atoms with Crippen LogP contribution in [0, 0.1) is 39.6 Å². The molecule has 0 bridgehead atoms. The van der Waals surface area contributed by atoms with Gasteiger partial charge in [-0.3, -0.25) is 19.7 Å². The monoisotopic (exact) mass is 351 g/mol. The molecule has 1 rings (SSSR count). The zero-order valence-corrected chi connectivity index (χ0v) is 13.9. The Kier molecular flexibility index (Phi) is 8.06. The summed E-state index contributed by atoms with van der Waals surface area (Å²) in [5.74, 6) is -0.158. The molecule has 134 valence electrons. The van der Waals surface area contributed by atoms with E-state index in [1.165, 1.54) is 18.2 Å². The van der Waals surface area contributed by atoms with E-state index < -0.39 is 41.1 Å². The van der Waals surface area contributed by atoms with Gasteiger partial charge in [0, 0.05) is 10.5 Å². The number of carbonyl (C=O) groups is 2. The molecule has 0 saturated carbocycles. The molecule has 1 aromatic carbocycles. The van der Waals surface area contributed by atoms with Crippen LogP contribution in [0.1, 0.15) is 19.4 Å². The molecular formula is C17H18FNO6. The summed E-state index contributed by atoms with van der Waals surface area (Å²) in [7, 11) is 0. The van der Waals surface area contributed by atoms with Gasteiger partial charge in [-0.2, -0.15) is 0 Å². The van der Waals surface area contributed by atoms with Crippen LogP contribution in [-0.4, -0.2) is 36.6 Å². The van der Waals surface area contributed by atoms with Gasteiger partial charge in [-0.1, -0.05) is 17.9 Å². The Labute approximate surface area is 144 Å². The Hall–Kier alpha value is -2.95. The zero-order chi connectivity index (χ0) is 18.8. The van der Waals surface area contributed by atoms with Gasteiger partial charge in [0.15, 0.2) is 5.92 Å². The fraction of sp³-hybridized carbons (Fsp3) is 0.412. The first-order chi connectivity index (χ1) is 11.9. The lowest BCUT2D eigenvalue weighted by atomic mass is 9.92. The molecule has 0 radical (unpaired) electrons. The molecule has 25 heavy (non-hydrogen) atoms. The van der Waals surface area contributed by atoms with Gasteiger partial charge in [-0.15, -0.1) is 0 Å². The molecule has 8 heteroatoms. The number of nitro groups is 1. The first-order valence-corrected chi connectivity index (χ1v) is 7.61. The molecule has 1 atom stereocenters. The zero-order valence-electron chi connectivity index (χ0n) is 13.9. The highest BCUT2D eigenvalue weighted by molar-refractivity contribution is 5.95. The fourth-order valence-electron chi connectivity index (χ4n) is 2.03. The van der Waals surface area contributed by atoms with E-state index in [4.69, 9.17) is 9.47 Å². The third-order valence-electron chi connectivity index (χ3n) is 3.06. The van der Waals surface area contributed by atoms with Gasteiger partial charge in [-0.25, -0.2) is 4.39 Å². The van der Waals surface area contributed by atoms with Crippen molar-refractivity contribution in [2.75, 3.05) is 19.8 Å². The molecule has 0 saturated heterocycles. The van der Waals surface area contributed by atoms with Crippen LogP contribution in [0.4, 0.5) is 4.39 Å². The van der Waals surface area contributed by atoms with Crippen LogP contribution in [0.5, 0.6) is 0 Å². The number of halogens is 1. The quantitative estimate of drug-likeness (QED) is 0.244. The summed E-state index contributed by atoms with van der Waals surface area (Å²) in [4.78, 5) is 34.4. The van der Waals surface area contributed by atoms with Crippen LogP contribution in [0.3, 0.4) is 0 Å². The normalized spacial score (nSPS) is 11.2. The highest BCUT2D eigenvalue weighted by Crippen LogP contribution is 2.17. The summed E-state index contributed by atoms with van der Waals surface area (Å²) >= 11 is 0. The molecule has 0 aliphatic rings. The van der Waals surface area contributed by atoms with Crippen molar-refractivity contribution in [1.29, 1.82) is 0 Å². The van der Waals surface area contributed by atoms with Gasteiger partial charge < -0.3 is 9.47 Å². The Morgan fingerprint density at radius 2 is 1.84 bits per heavy atom. The average Bonchev–Trinajstić information content (AvgIpc) is 2.53. The molecule has 0 aromatic heterocycles. The molecule has 7 nitrogen and oxygen atoms in total. The van der Waals surface area contributed by atoms with Gasteiger partial charge in [0.05, 0.1) is 13.2 Å². The number of esters is 2. The van der Waals surface area contributed by atoms with Crippen molar-refractivity contribution in [2.24, 2.45) is 11.8 Å². The van der Waals surface area contributed by atoms with E-state index in [1.807, 2.05) is 0 Å². The average molecular weight is 351 g/mol. The maximum absolute atomic E-state index is 13.2. The minimum absolute atomic E-state index is 0.00273. The molecule has 0 spiro atoms. The molecule has 0 amide bonds. The predicted octanol–water partition coefficient (Wildman–Crippen LogP) is 1.81. The SMILES string of the molecule is CCOC(=O)C(C(=O)OCC)C(C#Cc1cccc(F)c1)C[N+](=O)[O-]. The summed E-state index contributed by atoms with van der Waals surface area (Å²) in [6, 6.07) is 5.29. The molecule has 0 aliphatic carbocycles. The topological polar surface area (TPSA) is 95.7 Å². The predicted molar refractivity (Wildman–Crippen MR) is 85.4 cm³/mol. The van der Waals surface area contributed by atoms with E-state index in [1.54, 1.807) is 13.8 Å². The first kappa shape index (κ1) is 20.1. The second kappa shape index (κ2) is 10.0. The van der Waals surface area contributed by atoms with E-state index in [0.29, 0.717) is 0 Å². The van der Waals surface area contributed by atoms with E-state index in [9.17, 15) is 24.1 Å². The second-order valence-electron chi connectivity index (χ2n) is 4.88. The van der Waals surface area contributed by atoms with Crippen LogP contribution >= 0.6 is 0 Å². The van der Waals surface area contributed by atoms with Crippen molar-refractivity contribution in [1.82, 2.24) is 0 Å². The molecule has 0 N–H and O–H groups in total. The van der Waals surface area contributed by atoms with Crippen molar-refractivity contribution in [3.8, 4) is 11.8 Å². The smallest absolute Gasteiger partial charge is 0.321 e. The van der Waals surface area contributed by atoms with Crippen molar-refractivity contribution in [3.05, 3.63) is 45.8 Å². The van der Waals surface area contributed by atoms with Gasteiger partial charge >= 0.3 is 11.9 Å². The number of rotatable bonds is 7. The summed E-state index contributed by atoms with van der Waals surface area (Å²) in [5, 5.41) is 10.9. The van der Waals surface area contributed by atoms with Crippen molar-refractivity contribution < 1.29 is 28.4 Å². The fourth-order valence-corrected chi connectivity index (χ4v) is 2.03. The highest BCUT2D eigenvalue weighted by atomic mass is 19.1. The number of carbonyl (C=O) groups excluding carboxylic acids is 2. The van der Waals surface area contributed by atoms with Crippen molar-refractivity contribution >= 4 is 11.9 Å². The Morgan fingerprint density at radius 1 is 1.24 bits per heavy atom. The van der Waals surface area contributed by atoms with Crippen LogP contribution in [0.15, 0.2) is 24.3 Å². The lowest BCUT2D eigenvalue weighted by Crippen LogP contribution is -2.37. The summed E-state index contributed by atoms with van der Waals surface area (Å²) < 4.78 is 22.8. The van der Waals surface area contributed by atoms with Gasteiger partial charge in [0.25, 0.3) is 0 Å². The minimum Gasteiger partial charge on any atom is -0.465 e. The van der Waals surface area contributed by atoms with E-state index in [2.05, 4.69) is 11.8 Å². The number of hydrogen-bond donors (Lipinski definition) is 0.